The molecule has 0 saturated carbocycles. The number of halogens is 3. The van der Waals surface area contributed by atoms with Gasteiger partial charge in [-0.1, -0.05) is 12.1 Å². The highest BCUT2D eigenvalue weighted by atomic mass is 19.4. The first-order valence-corrected chi connectivity index (χ1v) is 10.5. The van der Waals surface area contributed by atoms with Gasteiger partial charge in [0.15, 0.2) is 0 Å². The highest BCUT2D eigenvalue weighted by molar-refractivity contribution is 5.71. The van der Waals surface area contributed by atoms with Crippen LogP contribution in [0.25, 0.3) is 11.5 Å². The molecule has 0 amide bonds. The Kier molecular flexibility index (Phi) is 8.11. The van der Waals surface area contributed by atoms with E-state index in [0.29, 0.717) is 48.9 Å². The summed E-state index contributed by atoms with van der Waals surface area (Å²) in [5, 5.41) is 3.02. The molecule has 2 aromatic carbocycles. The van der Waals surface area contributed by atoms with Crippen LogP contribution in [0.2, 0.25) is 0 Å². The Morgan fingerprint density at radius 3 is 2.61 bits per heavy atom. The highest BCUT2D eigenvalue weighted by Crippen LogP contribution is 2.31. The first-order chi connectivity index (χ1) is 15.8. The van der Waals surface area contributed by atoms with E-state index in [-0.39, 0.29) is 18.4 Å². The number of hydrogen-bond acceptors (Lipinski definition) is 6. The molecule has 1 aromatic heterocycles. The quantitative estimate of drug-likeness (QED) is 0.430. The van der Waals surface area contributed by atoms with Crippen LogP contribution in [0.3, 0.4) is 0 Å². The number of benzene rings is 2. The fraction of sp³-hybridized carbons (Fsp3) is 0.333. The van der Waals surface area contributed by atoms with E-state index < -0.39 is 11.7 Å². The summed E-state index contributed by atoms with van der Waals surface area (Å²) in [5.74, 6) is 1.23. The molecule has 0 unspecified atom stereocenters. The predicted molar refractivity (Wildman–Crippen MR) is 116 cm³/mol. The molecule has 0 bridgehead atoms. The average molecular weight is 462 g/mol. The Labute approximate surface area is 189 Å². The largest absolute Gasteiger partial charge is 0.493 e. The van der Waals surface area contributed by atoms with E-state index in [2.05, 4.69) is 10.3 Å². The molecular weight excluding hydrogens is 437 g/mol. The number of esters is 1. The van der Waals surface area contributed by atoms with Gasteiger partial charge in [0.05, 0.1) is 31.0 Å². The van der Waals surface area contributed by atoms with Crippen LogP contribution < -0.4 is 10.1 Å². The molecule has 3 aromatic rings. The third-order valence-corrected chi connectivity index (χ3v) is 4.76. The summed E-state index contributed by atoms with van der Waals surface area (Å²) in [6, 6.07) is 12.2. The molecule has 3 rings (SSSR count). The first-order valence-electron chi connectivity index (χ1n) is 10.5. The number of rotatable bonds is 10. The van der Waals surface area contributed by atoms with E-state index in [1.807, 2.05) is 24.3 Å². The minimum Gasteiger partial charge on any atom is -0.493 e. The van der Waals surface area contributed by atoms with Gasteiger partial charge in [0, 0.05) is 18.5 Å². The van der Waals surface area contributed by atoms with Crippen LogP contribution in [0.5, 0.6) is 5.75 Å². The molecule has 0 atom stereocenters. The number of aromatic nitrogens is 1. The standard InChI is InChI=1S/C24H25F3N2O4/c1-3-31-22(30)15-28-14-17-5-4-6-20(13-17)32-12-11-21-16(2)33-23(29-21)18-7-9-19(10-8-18)24(25,26)27/h4-10,13,28H,3,11-12,14-15H2,1-2H3. The Hall–Kier alpha value is -3.33. The van der Waals surface area contributed by atoms with Gasteiger partial charge in [0.2, 0.25) is 5.89 Å². The van der Waals surface area contributed by atoms with Crippen molar-refractivity contribution in [2.75, 3.05) is 19.8 Å². The number of ether oxygens (including phenoxy) is 2. The minimum atomic E-state index is -4.39. The summed E-state index contributed by atoms with van der Waals surface area (Å²) in [6.45, 7) is 4.83. The monoisotopic (exact) mass is 462 g/mol. The van der Waals surface area contributed by atoms with Crippen molar-refractivity contribution in [3.05, 3.63) is 71.1 Å². The Bertz CT molecular complexity index is 1060. The van der Waals surface area contributed by atoms with Crippen LogP contribution in [-0.4, -0.2) is 30.7 Å². The van der Waals surface area contributed by atoms with Crippen LogP contribution in [0.4, 0.5) is 13.2 Å². The maximum atomic E-state index is 12.7. The summed E-state index contributed by atoms with van der Waals surface area (Å²) in [4.78, 5) is 15.8. The Balaban J connectivity index is 1.53. The lowest BCUT2D eigenvalue weighted by atomic mass is 10.1. The van der Waals surface area contributed by atoms with E-state index >= 15 is 0 Å². The molecule has 176 valence electrons. The molecule has 0 saturated heterocycles. The number of nitrogens with zero attached hydrogens (tertiary/aromatic N) is 1. The van der Waals surface area contributed by atoms with Gasteiger partial charge in [0.25, 0.3) is 0 Å². The fourth-order valence-corrected chi connectivity index (χ4v) is 3.12. The second-order valence-corrected chi connectivity index (χ2v) is 7.25. The van der Waals surface area contributed by atoms with Gasteiger partial charge >= 0.3 is 12.1 Å². The predicted octanol–water partition coefficient (Wildman–Crippen LogP) is 4.94. The molecule has 0 aliphatic heterocycles. The van der Waals surface area contributed by atoms with Crippen molar-refractivity contribution in [1.29, 1.82) is 0 Å². The number of nitrogens with one attached hydrogen (secondary N) is 1. The van der Waals surface area contributed by atoms with Crippen LogP contribution in [-0.2, 0) is 28.7 Å². The maximum Gasteiger partial charge on any atom is 0.416 e. The van der Waals surface area contributed by atoms with Gasteiger partial charge in [-0.05, 0) is 55.8 Å². The molecule has 0 fully saturated rings. The van der Waals surface area contributed by atoms with E-state index in [9.17, 15) is 18.0 Å². The lowest BCUT2D eigenvalue weighted by Gasteiger charge is -2.08. The zero-order chi connectivity index (χ0) is 23.8. The molecular formula is C24H25F3N2O4. The average Bonchev–Trinajstić information content (AvgIpc) is 3.14. The fourth-order valence-electron chi connectivity index (χ4n) is 3.12. The molecule has 0 aliphatic rings. The second-order valence-electron chi connectivity index (χ2n) is 7.25. The van der Waals surface area contributed by atoms with Crippen molar-refractivity contribution in [2.45, 2.75) is 33.0 Å². The molecule has 33 heavy (non-hydrogen) atoms. The molecule has 1 N–H and O–H groups in total. The Morgan fingerprint density at radius 2 is 1.91 bits per heavy atom. The van der Waals surface area contributed by atoms with E-state index in [4.69, 9.17) is 13.9 Å². The van der Waals surface area contributed by atoms with E-state index in [0.717, 1.165) is 17.7 Å². The van der Waals surface area contributed by atoms with E-state index in [1.54, 1.807) is 13.8 Å². The van der Waals surface area contributed by atoms with Gasteiger partial charge in [-0.15, -0.1) is 0 Å². The van der Waals surface area contributed by atoms with Crippen molar-refractivity contribution in [3.63, 3.8) is 0 Å². The first kappa shape index (κ1) is 24.3. The van der Waals surface area contributed by atoms with Crippen LogP contribution >= 0.6 is 0 Å². The van der Waals surface area contributed by atoms with Crippen molar-refractivity contribution < 1.29 is 31.9 Å². The van der Waals surface area contributed by atoms with Crippen molar-refractivity contribution in [1.82, 2.24) is 10.3 Å². The van der Waals surface area contributed by atoms with Crippen molar-refractivity contribution in [3.8, 4) is 17.2 Å². The number of oxazole rings is 1. The van der Waals surface area contributed by atoms with Gasteiger partial charge in [-0.25, -0.2) is 4.98 Å². The smallest absolute Gasteiger partial charge is 0.416 e. The van der Waals surface area contributed by atoms with Crippen LogP contribution in [0.1, 0.15) is 29.5 Å². The number of carbonyl (C=O) groups is 1. The summed E-state index contributed by atoms with van der Waals surface area (Å²) >= 11 is 0. The topological polar surface area (TPSA) is 73.6 Å². The summed E-state index contributed by atoms with van der Waals surface area (Å²) in [5.41, 5.74) is 1.39. The molecule has 1 heterocycles. The third kappa shape index (κ3) is 7.08. The number of hydrogen-bond donors (Lipinski definition) is 1. The molecule has 9 heteroatoms. The summed E-state index contributed by atoms with van der Waals surface area (Å²) < 4.78 is 54.5. The SMILES string of the molecule is CCOC(=O)CNCc1cccc(OCCc2nc(-c3ccc(C(F)(F)F)cc3)oc2C)c1. The molecule has 0 aliphatic carbocycles. The van der Waals surface area contributed by atoms with E-state index in [1.165, 1.54) is 12.1 Å². The van der Waals surface area contributed by atoms with Gasteiger partial charge in [-0.3, -0.25) is 4.79 Å². The van der Waals surface area contributed by atoms with Crippen LogP contribution in [0.15, 0.2) is 52.9 Å². The van der Waals surface area contributed by atoms with Crippen molar-refractivity contribution >= 4 is 5.97 Å². The summed E-state index contributed by atoms with van der Waals surface area (Å²) in [7, 11) is 0. The summed E-state index contributed by atoms with van der Waals surface area (Å²) in [6.07, 6.45) is -3.91. The lowest BCUT2D eigenvalue weighted by molar-refractivity contribution is -0.142. The number of carbonyl (C=O) groups excluding carboxylic acids is 1. The van der Waals surface area contributed by atoms with Gasteiger partial charge < -0.3 is 19.2 Å². The minimum absolute atomic E-state index is 0.131. The number of alkyl halides is 3. The zero-order valence-electron chi connectivity index (χ0n) is 18.4. The van der Waals surface area contributed by atoms with Gasteiger partial charge in [0.1, 0.15) is 11.5 Å². The normalized spacial score (nSPS) is 11.4. The maximum absolute atomic E-state index is 12.7. The highest BCUT2D eigenvalue weighted by Gasteiger charge is 2.30. The lowest BCUT2D eigenvalue weighted by Crippen LogP contribution is -2.24. The van der Waals surface area contributed by atoms with Gasteiger partial charge in [-0.2, -0.15) is 13.2 Å². The molecule has 0 spiro atoms. The van der Waals surface area contributed by atoms with Crippen LogP contribution in [0, 0.1) is 6.92 Å². The van der Waals surface area contributed by atoms with Crippen molar-refractivity contribution in [2.24, 2.45) is 0 Å². The molecule has 0 radical (unpaired) electrons. The Morgan fingerprint density at radius 1 is 1.15 bits per heavy atom. The molecule has 6 nitrogen and oxygen atoms in total. The number of aryl methyl sites for hydroxylation is 1. The second kappa shape index (κ2) is 11.0. The third-order valence-electron chi connectivity index (χ3n) is 4.76. The zero-order valence-corrected chi connectivity index (χ0v) is 18.4.